The number of carbonyl (C=O) groups is 1. The fourth-order valence-electron chi connectivity index (χ4n) is 8.56. The molecule has 13 heteroatoms. The summed E-state index contributed by atoms with van der Waals surface area (Å²) in [5, 5.41) is 14.7. The first-order chi connectivity index (χ1) is 24.9. The molecule has 0 bridgehead atoms. The van der Waals surface area contributed by atoms with Crippen LogP contribution in [0.15, 0.2) is 63.9 Å². The molecule has 1 saturated heterocycles. The average Bonchev–Trinajstić information content (AvgIpc) is 3.99. The van der Waals surface area contributed by atoms with Gasteiger partial charge in [-0.15, -0.1) is 16.4 Å². The molecule has 0 radical (unpaired) electrons. The van der Waals surface area contributed by atoms with E-state index < -0.39 is 5.76 Å². The molecule has 256 valence electrons. The molecule has 1 aliphatic carbocycles. The Morgan fingerprint density at radius 2 is 2.00 bits per heavy atom. The van der Waals surface area contributed by atoms with Crippen LogP contribution in [0.3, 0.4) is 0 Å². The van der Waals surface area contributed by atoms with E-state index in [1.807, 2.05) is 18.0 Å². The fraction of sp³-hybridized carbons (Fsp3) is 0.289. The van der Waals surface area contributed by atoms with E-state index in [9.17, 15) is 14.0 Å². The Balaban J connectivity index is 1.15. The van der Waals surface area contributed by atoms with E-state index >= 15 is 0 Å². The molecule has 7 heterocycles. The second kappa shape index (κ2) is 11.5. The van der Waals surface area contributed by atoms with Gasteiger partial charge < -0.3 is 24.7 Å². The van der Waals surface area contributed by atoms with Crippen molar-refractivity contribution in [3.63, 3.8) is 0 Å². The lowest BCUT2D eigenvalue weighted by Crippen LogP contribution is -2.22. The van der Waals surface area contributed by atoms with Gasteiger partial charge in [0.25, 0.3) is 11.8 Å². The third kappa shape index (κ3) is 4.70. The van der Waals surface area contributed by atoms with Crippen LogP contribution in [0.4, 0.5) is 15.9 Å². The minimum atomic E-state index is -0.704. The Morgan fingerprint density at radius 1 is 1.08 bits per heavy atom. The van der Waals surface area contributed by atoms with Crippen LogP contribution in [-0.2, 0) is 12.8 Å². The Morgan fingerprint density at radius 3 is 2.86 bits per heavy atom. The van der Waals surface area contributed by atoms with Gasteiger partial charge in [0.1, 0.15) is 17.4 Å². The number of nitrogens with zero attached hydrogens (tertiary/aromatic N) is 4. The molecular weight excluding hydrogens is 670 g/mol. The minimum Gasteiger partial charge on any atom is -0.493 e. The van der Waals surface area contributed by atoms with E-state index in [1.54, 1.807) is 23.6 Å². The van der Waals surface area contributed by atoms with Crippen molar-refractivity contribution < 1.29 is 18.3 Å². The second-order valence-electron chi connectivity index (χ2n) is 13.6. The molecule has 6 aromatic rings. The van der Waals surface area contributed by atoms with Gasteiger partial charge in [0.15, 0.2) is 0 Å². The molecule has 3 atom stereocenters. The number of halogens is 1. The highest BCUT2D eigenvalue weighted by atomic mass is 32.1. The maximum absolute atomic E-state index is 14.3. The molecule has 1 fully saturated rings. The highest BCUT2D eigenvalue weighted by molar-refractivity contribution is 7.23. The summed E-state index contributed by atoms with van der Waals surface area (Å²) in [5.74, 6) is 0.0616. The lowest BCUT2D eigenvalue weighted by molar-refractivity contribution is 0.0776. The van der Waals surface area contributed by atoms with Crippen molar-refractivity contribution in [1.82, 2.24) is 25.1 Å². The van der Waals surface area contributed by atoms with Crippen molar-refractivity contribution in [2.24, 2.45) is 0 Å². The number of aromatic nitrogens is 4. The van der Waals surface area contributed by atoms with Gasteiger partial charge in [-0.25, -0.2) is 19.3 Å². The second-order valence-corrected chi connectivity index (χ2v) is 14.6. The van der Waals surface area contributed by atoms with Gasteiger partial charge >= 0.3 is 5.76 Å². The Labute approximate surface area is 294 Å². The quantitative estimate of drug-likeness (QED) is 0.161. The maximum Gasteiger partial charge on any atom is 0.434 e. The third-order valence-corrected chi connectivity index (χ3v) is 12.0. The number of fused-ring (bicyclic) bond motifs is 6. The molecule has 3 aliphatic heterocycles. The number of H-pyrrole nitrogens is 1. The highest BCUT2D eigenvalue weighted by Crippen LogP contribution is 2.51. The van der Waals surface area contributed by atoms with Crippen molar-refractivity contribution in [1.29, 1.82) is 0 Å². The molecule has 0 unspecified atom stereocenters. The number of hydrogen-bond acceptors (Lipinski definition) is 10. The number of carbonyl (C=O) groups excluding carboxylic acids is 1. The van der Waals surface area contributed by atoms with Crippen LogP contribution in [0, 0.1) is 5.82 Å². The number of hydrogen-bond donors (Lipinski definition) is 3. The molecule has 4 aliphatic rings. The van der Waals surface area contributed by atoms with Crippen molar-refractivity contribution >= 4 is 38.8 Å². The smallest absolute Gasteiger partial charge is 0.434 e. The first-order valence-electron chi connectivity index (χ1n) is 17.3. The van der Waals surface area contributed by atoms with Gasteiger partial charge in [-0.1, -0.05) is 18.2 Å². The summed E-state index contributed by atoms with van der Waals surface area (Å²) in [6.07, 6.45) is 5.83. The zero-order valence-corrected chi connectivity index (χ0v) is 28.4. The number of thiophene rings is 1. The number of nitrogens with one attached hydrogen (secondary N) is 3. The van der Waals surface area contributed by atoms with Crippen LogP contribution in [0.25, 0.3) is 32.0 Å². The number of aromatic amines is 1. The van der Waals surface area contributed by atoms with Gasteiger partial charge in [-0.2, -0.15) is 0 Å². The third-order valence-electron chi connectivity index (χ3n) is 10.8. The molecule has 2 aromatic carbocycles. The molecule has 10 rings (SSSR count). The lowest BCUT2D eigenvalue weighted by Gasteiger charge is -2.18. The van der Waals surface area contributed by atoms with Crippen molar-refractivity contribution in [3.05, 3.63) is 105 Å². The van der Waals surface area contributed by atoms with E-state index in [2.05, 4.69) is 45.1 Å². The summed E-state index contributed by atoms with van der Waals surface area (Å²) in [6, 6.07) is 15.0. The normalized spacial score (nSPS) is 20.0. The number of pyridine rings is 2. The van der Waals surface area contributed by atoms with E-state index in [-0.39, 0.29) is 35.6 Å². The van der Waals surface area contributed by atoms with E-state index in [0.717, 1.165) is 63.4 Å². The summed E-state index contributed by atoms with van der Waals surface area (Å²) < 4.78 is 26.6. The fourth-order valence-corrected chi connectivity index (χ4v) is 9.72. The van der Waals surface area contributed by atoms with Gasteiger partial charge in [-0.3, -0.25) is 9.78 Å². The van der Waals surface area contributed by atoms with Crippen LogP contribution in [-0.4, -0.2) is 51.2 Å². The first kappa shape index (κ1) is 30.3. The number of rotatable bonds is 7. The topological polar surface area (TPSA) is 138 Å². The van der Waals surface area contributed by atoms with Crippen molar-refractivity contribution in [3.8, 4) is 27.6 Å². The molecule has 0 spiro atoms. The van der Waals surface area contributed by atoms with Gasteiger partial charge in [0, 0.05) is 59.9 Å². The monoisotopic (exact) mass is 701 g/mol. The van der Waals surface area contributed by atoms with Crippen LogP contribution in [0.5, 0.6) is 5.75 Å². The van der Waals surface area contributed by atoms with Crippen LogP contribution in [0.2, 0.25) is 0 Å². The largest absolute Gasteiger partial charge is 0.493 e. The summed E-state index contributed by atoms with van der Waals surface area (Å²) in [5.41, 5.74) is 7.65. The molecule has 4 aromatic heterocycles. The van der Waals surface area contributed by atoms with Gasteiger partial charge in [0.2, 0.25) is 0 Å². The first-order valence-corrected chi connectivity index (χ1v) is 18.1. The summed E-state index contributed by atoms with van der Waals surface area (Å²) >= 11 is 1.54. The van der Waals surface area contributed by atoms with Gasteiger partial charge in [0.05, 0.1) is 45.9 Å². The summed E-state index contributed by atoms with van der Waals surface area (Å²) in [6.45, 7) is 0.994. The number of amides is 1. The number of ether oxygens (including phenoxy) is 1. The minimum absolute atomic E-state index is 0.0650. The number of benzene rings is 2. The SMILES string of the molecule is CNc1cccc2c1CC[C@H]2Nc1nccc2cc(-c3c4c(nc(C[C@@H]5COc6cc(F)ccc65)c3-c3n[nH]c(=O)o3)[C@@H]3CCCN3C4=O)sc12. The molecule has 51 heavy (non-hydrogen) atoms. The zero-order chi connectivity index (χ0) is 34.4. The number of anilines is 2. The van der Waals surface area contributed by atoms with E-state index in [1.165, 1.54) is 23.3 Å². The Kier molecular flexibility index (Phi) is 6.82. The maximum atomic E-state index is 14.3. The van der Waals surface area contributed by atoms with Crippen LogP contribution < -0.4 is 21.1 Å². The zero-order valence-electron chi connectivity index (χ0n) is 27.6. The predicted molar refractivity (Wildman–Crippen MR) is 191 cm³/mol. The van der Waals surface area contributed by atoms with Crippen molar-refractivity contribution in [2.45, 2.75) is 50.1 Å². The standard InChI is InChI=1S/C38H32FN7O4S/c1-40-24-5-2-4-22-23(24)9-10-25(22)43-35-34-18(11-12-41-35)15-29(51-34)31-30(36-44-45-38(48)50-36)26(14-19-17-49-28-16-20(39)7-8-21(19)28)42-33-27-6-3-13-46(27)37(47)32(31)33/h2,4-5,7-8,11-12,15-16,19,25,27,40H,3,6,9-10,13-14,17H2,1H3,(H,41,43)(H,45,48)/t19-,25-,27+/m1/s1. The molecule has 11 nitrogen and oxygen atoms in total. The van der Waals surface area contributed by atoms with E-state index in [4.69, 9.17) is 19.1 Å². The highest BCUT2D eigenvalue weighted by Gasteiger charge is 2.45. The van der Waals surface area contributed by atoms with Crippen LogP contribution in [0.1, 0.15) is 75.7 Å². The molecule has 1 amide bonds. The summed E-state index contributed by atoms with van der Waals surface area (Å²) in [7, 11) is 1.95. The lowest BCUT2D eigenvalue weighted by atomic mass is 9.89. The average molecular weight is 702 g/mol. The molecule has 3 N–H and O–H groups in total. The molecule has 0 saturated carbocycles. The van der Waals surface area contributed by atoms with Crippen LogP contribution >= 0.6 is 11.3 Å². The predicted octanol–water partition coefficient (Wildman–Crippen LogP) is 6.99. The molecular formula is C38H32FN7O4S. The Hall–Kier alpha value is -5.56. The van der Waals surface area contributed by atoms with Crippen molar-refractivity contribution in [2.75, 3.05) is 30.8 Å². The summed E-state index contributed by atoms with van der Waals surface area (Å²) in [4.78, 5) is 39.5. The van der Waals surface area contributed by atoms with E-state index in [0.29, 0.717) is 47.7 Å². The Bertz CT molecular complexity index is 2470. The van der Waals surface area contributed by atoms with Gasteiger partial charge in [-0.05, 0) is 66.5 Å².